The van der Waals surface area contributed by atoms with E-state index >= 15 is 0 Å². The summed E-state index contributed by atoms with van der Waals surface area (Å²) in [6.07, 6.45) is 0.867. The Morgan fingerprint density at radius 3 is 3.00 bits per heavy atom. The van der Waals surface area contributed by atoms with Gasteiger partial charge in [0.05, 0.1) is 10.2 Å². The van der Waals surface area contributed by atoms with Crippen molar-refractivity contribution in [3.05, 3.63) is 36.1 Å². The van der Waals surface area contributed by atoms with E-state index in [1.165, 1.54) is 23.5 Å². The highest BCUT2D eigenvalue weighted by molar-refractivity contribution is 7.23. The first-order chi connectivity index (χ1) is 11.1. The minimum absolute atomic E-state index is 0.109. The maximum atomic E-state index is 13.3. The van der Waals surface area contributed by atoms with Crippen LogP contribution in [0.1, 0.15) is 12.8 Å². The largest absolute Gasteiger partial charge is 0.344 e. The number of amides is 2. The summed E-state index contributed by atoms with van der Waals surface area (Å²) in [4.78, 5) is 27.7. The fourth-order valence-corrected chi connectivity index (χ4v) is 3.74. The highest BCUT2D eigenvalue weighted by Gasteiger charge is 2.27. The summed E-state index contributed by atoms with van der Waals surface area (Å²) in [5, 5.41) is 7.55. The Kier molecular flexibility index (Phi) is 3.23. The molecule has 116 valence electrons. The van der Waals surface area contributed by atoms with Gasteiger partial charge in [-0.05, 0) is 36.1 Å². The molecule has 0 radical (unpaired) electrons. The molecule has 4 rings (SSSR count). The van der Waals surface area contributed by atoms with Crippen LogP contribution in [0.2, 0.25) is 0 Å². The van der Waals surface area contributed by atoms with Gasteiger partial charge in [0.1, 0.15) is 11.9 Å². The third-order valence-corrected chi connectivity index (χ3v) is 4.89. The highest BCUT2D eigenvalue weighted by Crippen LogP contribution is 2.33. The van der Waals surface area contributed by atoms with Crippen molar-refractivity contribution in [2.45, 2.75) is 18.9 Å². The van der Waals surface area contributed by atoms with E-state index in [9.17, 15) is 14.0 Å². The van der Waals surface area contributed by atoms with Gasteiger partial charge in [0.2, 0.25) is 11.8 Å². The lowest BCUT2D eigenvalue weighted by Gasteiger charge is -2.08. The van der Waals surface area contributed by atoms with E-state index in [4.69, 9.17) is 0 Å². The number of nitrogens with zero attached hydrogens (tertiary/aromatic N) is 1. The Hall–Kier alpha value is -2.54. The first kappa shape index (κ1) is 14.1. The number of benzene rings is 2. The second-order valence-corrected chi connectivity index (χ2v) is 6.45. The average Bonchev–Trinajstić information content (AvgIpc) is 3.12. The number of carbonyl (C=O) groups is 2. The lowest BCUT2D eigenvalue weighted by Crippen LogP contribution is -2.37. The van der Waals surface area contributed by atoms with Gasteiger partial charge in [0, 0.05) is 11.8 Å². The van der Waals surface area contributed by atoms with Gasteiger partial charge in [0.15, 0.2) is 5.13 Å². The van der Waals surface area contributed by atoms with Crippen LogP contribution in [0.4, 0.5) is 9.52 Å². The standard InChI is InChI=1S/C16H12FN3O2S/c17-9-2-3-10-8(7-9)1-4-11-14(10)23-16(19-11)20-15(22)12-5-6-13(21)18-12/h1-4,7,12H,5-6H2,(H,18,21)(H,19,20,22)/t12-/m1/s1. The zero-order valence-corrected chi connectivity index (χ0v) is 12.7. The molecule has 2 heterocycles. The first-order valence-corrected chi connectivity index (χ1v) is 8.01. The van der Waals surface area contributed by atoms with Crippen molar-refractivity contribution in [2.75, 3.05) is 5.32 Å². The van der Waals surface area contributed by atoms with Crippen molar-refractivity contribution in [1.29, 1.82) is 0 Å². The lowest BCUT2D eigenvalue weighted by atomic mass is 10.1. The maximum absolute atomic E-state index is 13.3. The molecule has 2 amide bonds. The molecule has 5 nitrogen and oxygen atoms in total. The third-order valence-electron chi connectivity index (χ3n) is 3.87. The molecule has 23 heavy (non-hydrogen) atoms. The zero-order valence-electron chi connectivity index (χ0n) is 11.9. The topological polar surface area (TPSA) is 71.1 Å². The summed E-state index contributed by atoms with van der Waals surface area (Å²) >= 11 is 1.34. The number of anilines is 1. The summed E-state index contributed by atoms with van der Waals surface area (Å²) in [6.45, 7) is 0. The van der Waals surface area contributed by atoms with E-state index < -0.39 is 6.04 Å². The number of rotatable bonds is 2. The monoisotopic (exact) mass is 329 g/mol. The number of carbonyl (C=O) groups excluding carboxylic acids is 2. The Morgan fingerprint density at radius 1 is 1.35 bits per heavy atom. The van der Waals surface area contributed by atoms with Crippen LogP contribution >= 0.6 is 11.3 Å². The molecule has 1 aliphatic rings. The molecule has 0 aliphatic carbocycles. The van der Waals surface area contributed by atoms with Gasteiger partial charge in [-0.15, -0.1) is 0 Å². The molecule has 1 aliphatic heterocycles. The molecule has 1 aromatic heterocycles. The second kappa shape index (κ2) is 5.27. The van der Waals surface area contributed by atoms with Crippen LogP contribution in [0, 0.1) is 5.82 Å². The quantitative estimate of drug-likeness (QED) is 0.759. The molecular weight excluding hydrogens is 317 g/mol. The zero-order chi connectivity index (χ0) is 16.0. The minimum Gasteiger partial charge on any atom is -0.344 e. The van der Waals surface area contributed by atoms with Crippen LogP contribution < -0.4 is 10.6 Å². The first-order valence-electron chi connectivity index (χ1n) is 7.19. The van der Waals surface area contributed by atoms with Crippen LogP contribution in [0.25, 0.3) is 21.0 Å². The summed E-state index contributed by atoms with van der Waals surface area (Å²) < 4.78 is 14.2. The maximum Gasteiger partial charge on any atom is 0.248 e. The molecule has 0 spiro atoms. The molecular formula is C16H12FN3O2S. The SMILES string of the molecule is O=C1CC[C@H](C(=O)Nc2nc3ccc4cc(F)ccc4c3s2)N1. The van der Waals surface area contributed by atoms with Crippen LogP contribution in [0.3, 0.4) is 0 Å². The van der Waals surface area contributed by atoms with Crippen molar-refractivity contribution < 1.29 is 14.0 Å². The van der Waals surface area contributed by atoms with Crippen molar-refractivity contribution in [2.24, 2.45) is 0 Å². The van der Waals surface area contributed by atoms with Crippen LogP contribution in [-0.4, -0.2) is 22.8 Å². The van der Waals surface area contributed by atoms with E-state index in [-0.39, 0.29) is 17.6 Å². The number of nitrogens with one attached hydrogen (secondary N) is 2. The van der Waals surface area contributed by atoms with E-state index in [1.54, 1.807) is 12.1 Å². The summed E-state index contributed by atoms with van der Waals surface area (Å²) in [5.41, 5.74) is 0.750. The molecule has 1 saturated heterocycles. The molecule has 1 fully saturated rings. The van der Waals surface area contributed by atoms with E-state index in [0.717, 1.165) is 21.0 Å². The van der Waals surface area contributed by atoms with E-state index in [0.29, 0.717) is 18.0 Å². The fourth-order valence-electron chi connectivity index (χ4n) is 2.74. The molecule has 3 aromatic rings. The van der Waals surface area contributed by atoms with E-state index in [2.05, 4.69) is 15.6 Å². The van der Waals surface area contributed by atoms with Gasteiger partial charge in [0.25, 0.3) is 0 Å². The Bertz CT molecular complexity index is 953. The summed E-state index contributed by atoms with van der Waals surface area (Å²) in [6, 6.07) is 7.72. The molecule has 7 heteroatoms. The Balaban J connectivity index is 1.67. The number of hydrogen-bond donors (Lipinski definition) is 2. The number of thiazole rings is 1. The molecule has 1 atom stereocenters. The summed E-state index contributed by atoms with van der Waals surface area (Å²) in [7, 11) is 0. The van der Waals surface area contributed by atoms with Crippen LogP contribution in [-0.2, 0) is 9.59 Å². The smallest absolute Gasteiger partial charge is 0.248 e. The molecule has 2 aromatic carbocycles. The second-order valence-electron chi connectivity index (χ2n) is 5.45. The Morgan fingerprint density at radius 2 is 2.22 bits per heavy atom. The van der Waals surface area contributed by atoms with Gasteiger partial charge < -0.3 is 10.6 Å². The molecule has 0 unspecified atom stereocenters. The normalized spacial score (nSPS) is 17.6. The van der Waals surface area contributed by atoms with Crippen molar-refractivity contribution in [1.82, 2.24) is 10.3 Å². The third kappa shape index (κ3) is 2.53. The van der Waals surface area contributed by atoms with Gasteiger partial charge in [-0.3, -0.25) is 9.59 Å². The minimum atomic E-state index is -0.500. The fraction of sp³-hybridized carbons (Fsp3) is 0.188. The number of halogens is 1. The van der Waals surface area contributed by atoms with Gasteiger partial charge in [-0.2, -0.15) is 0 Å². The van der Waals surface area contributed by atoms with Crippen molar-refractivity contribution in [3.8, 4) is 0 Å². The number of hydrogen-bond acceptors (Lipinski definition) is 4. The Labute approximate surface area is 134 Å². The summed E-state index contributed by atoms with van der Waals surface area (Å²) in [5.74, 6) is -0.653. The van der Waals surface area contributed by atoms with Crippen LogP contribution in [0.5, 0.6) is 0 Å². The van der Waals surface area contributed by atoms with Crippen molar-refractivity contribution >= 4 is 49.3 Å². The van der Waals surface area contributed by atoms with Gasteiger partial charge >= 0.3 is 0 Å². The highest BCUT2D eigenvalue weighted by atomic mass is 32.1. The van der Waals surface area contributed by atoms with Crippen LogP contribution in [0.15, 0.2) is 30.3 Å². The van der Waals surface area contributed by atoms with Gasteiger partial charge in [-0.1, -0.05) is 17.4 Å². The van der Waals surface area contributed by atoms with E-state index in [1.807, 2.05) is 6.07 Å². The average molecular weight is 329 g/mol. The number of aromatic nitrogens is 1. The molecule has 0 saturated carbocycles. The molecule has 2 N–H and O–H groups in total. The molecule has 0 bridgehead atoms. The van der Waals surface area contributed by atoms with Crippen molar-refractivity contribution in [3.63, 3.8) is 0 Å². The van der Waals surface area contributed by atoms with Gasteiger partial charge in [-0.25, -0.2) is 9.37 Å². The predicted octanol–water partition coefficient (Wildman–Crippen LogP) is 2.81. The number of fused-ring (bicyclic) bond motifs is 3. The lowest BCUT2D eigenvalue weighted by molar-refractivity contribution is -0.122. The predicted molar refractivity (Wildman–Crippen MR) is 86.9 cm³/mol.